The molecular formula is C17H18N2O4. The first kappa shape index (κ1) is 16.5. The van der Waals surface area contributed by atoms with E-state index in [2.05, 4.69) is 5.32 Å². The maximum Gasteiger partial charge on any atom is 0.333 e. The highest BCUT2D eigenvalue weighted by Crippen LogP contribution is 2.29. The molecule has 0 aliphatic carbocycles. The zero-order valence-corrected chi connectivity index (χ0v) is 13.0. The fourth-order valence-corrected chi connectivity index (χ4v) is 2.23. The van der Waals surface area contributed by atoms with Gasteiger partial charge in [-0.25, -0.2) is 4.79 Å². The summed E-state index contributed by atoms with van der Waals surface area (Å²) in [6.45, 7) is 3.78. The highest BCUT2D eigenvalue weighted by atomic mass is 16.6. The van der Waals surface area contributed by atoms with Crippen molar-refractivity contribution in [2.45, 2.75) is 19.9 Å². The second kappa shape index (κ2) is 7.40. The predicted molar refractivity (Wildman–Crippen MR) is 87.3 cm³/mol. The molecule has 6 nitrogen and oxygen atoms in total. The summed E-state index contributed by atoms with van der Waals surface area (Å²) in [5.74, 6) is -0.477. The summed E-state index contributed by atoms with van der Waals surface area (Å²) in [6.07, 6.45) is 0. The molecule has 0 bridgehead atoms. The summed E-state index contributed by atoms with van der Waals surface area (Å²) < 4.78 is 5.09. The first-order chi connectivity index (χ1) is 11.0. The van der Waals surface area contributed by atoms with Gasteiger partial charge in [0.1, 0.15) is 5.69 Å². The van der Waals surface area contributed by atoms with Crippen LogP contribution in [0.2, 0.25) is 0 Å². The van der Waals surface area contributed by atoms with Gasteiger partial charge in [0, 0.05) is 6.07 Å². The molecule has 6 heteroatoms. The molecule has 0 aromatic heterocycles. The second-order valence-corrected chi connectivity index (χ2v) is 5.02. The van der Waals surface area contributed by atoms with Crippen molar-refractivity contribution in [3.63, 3.8) is 0 Å². The lowest BCUT2D eigenvalue weighted by Gasteiger charge is -2.19. The van der Waals surface area contributed by atoms with E-state index in [1.165, 1.54) is 6.07 Å². The Labute approximate surface area is 134 Å². The maximum absolute atomic E-state index is 12.3. The molecule has 2 aromatic carbocycles. The molecule has 0 spiro atoms. The summed E-state index contributed by atoms with van der Waals surface area (Å²) in [6, 6.07) is 12.9. The van der Waals surface area contributed by atoms with Crippen molar-refractivity contribution in [1.29, 1.82) is 0 Å². The third kappa shape index (κ3) is 4.06. The molecule has 0 aliphatic heterocycles. The maximum atomic E-state index is 12.3. The fourth-order valence-electron chi connectivity index (χ4n) is 2.23. The van der Waals surface area contributed by atoms with Crippen LogP contribution in [0.25, 0.3) is 0 Å². The van der Waals surface area contributed by atoms with Crippen LogP contribution in [0, 0.1) is 17.0 Å². The van der Waals surface area contributed by atoms with Gasteiger partial charge < -0.3 is 10.1 Å². The van der Waals surface area contributed by atoms with Crippen LogP contribution in [0.4, 0.5) is 11.4 Å². The quantitative estimate of drug-likeness (QED) is 0.500. The van der Waals surface area contributed by atoms with E-state index in [0.717, 1.165) is 5.56 Å². The summed E-state index contributed by atoms with van der Waals surface area (Å²) in [5.41, 5.74) is 1.74. The average Bonchev–Trinajstić information content (AvgIpc) is 2.53. The monoisotopic (exact) mass is 314 g/mol. The van der Waals surface area contributed by atoms with Gasteiger partial charge >= 0.3 is 5.97 Å². The Morgan fingerprint density at radius 3 is 2.57 bits per heavy atom. The minimum Gasteiger partial charge on any atom is -0.464 e. The largest absolute Gasteiger partial charge is 0.464 e. The van der Waals surface area contributed by atoms with Crippen LogP contribution in [0.1, 0.15) is 24.1 Å². The molecule has 0 amide bonds. The molecule has 2 rings (SSSR count). The van der Waals surface area contributed by atoms with Crippen molar-refractivity contribution in [1.82, 2.24) is 0 Å². The number of nitro benzene ring substituents is 1. The Balaban J connectivity index is 2.40. The lowest BCUT2D eigenvalue weighted by molar-refractivity contribution is -0.384. The highest BCUT2D eigenvalue weighted by Gasteiger charge is 2.25. The van der Waals surface area contributed by atoms with Crippen molar-refractivity contribution in [2.24, 2.45) is 0 Å². The van der Waals surface area contributed by atoms with Gasteiger partial charge in [0.25, 0.3) is 5.69 Å². The van der Waals surface area contributed by atoms with E-state index < -0.39 is 16.9 Å². The van der Waals surface area contributed by atoms with Crippen LogP contribution in [0.3, 0.4) is 0 Å². The Hall–Kier alpha value is -2.89. The van der Waals surface area contributed by atoms with Crippen molar-refractivity contribution < 1.29 is 14.5 Å². The van der Waals surface area contributed by atoms with Crippen LogP contribution >= 0.6 is 0 Å². The molecule has 1 N–H and O–H groups in total. The van der Waals surface area contributed by atoms with E-state index in [4.69, 9.17) is 4.74 Å². The highest BCUT2D eigenvalue weighted by molar-refractivity contribution is 5.82. The zero-order chi connectivity index (χ0) is 16.8. The number of aryl methyl sites for hydroxylation is 1. The number of esters is 1. The normalized spacial score (nSPS) is 11.6. The molecule has 2 aromatic rings. The fraction of sp³-hybridized carbons (Fsp3) is 0.235. The second-order valence-electron chi connectivity index (χ2n) is 5.02. The number of carbonyl (C=O) groups is 1. The molecule has 0 saturated carbocycles. The van der Waals surface area contributed by atoms with Crippen LogP contribution in [0.15, 0.2) is 48.5 Å². The number of nitrogens with zero attached hydrogens (tertiary/aromatic N) is 1. The lowest BCUT2D eigenvalue weighted by atomic mass is 10.1. The van der Waals surface area contributed by atoms with Gasteiger partial charge in [-0.05, 0) is 31.0 Å². The van der Waals surface area contributed by atoms with Crippen LogP contribution in [-0.4, -0.2) is 17.5 Å². The molecule has 0 saturated heterocycles. The molecule has 23 heavy (non-hydrogen) atoms. The van der Waals surface area contributed by atoms with Crippen molar-refractivity contribution in [3.05, 3.63) is 69.8 Å². The minimum absolute atomic E-state index is 0.0826. The number of ether oxygens (including phenoxy) is 1. The number of benzene rings is 2. The standard InChI is InChI=1S/C17H18N2O4/c1-3-23-17(20)16(13-7-5-4-6-8-13)18-14-11-12(2)9-10-15(14)19(21)22/h4-11,16,18H,3H2,1-2H3. The van der Waals surface area contributed by atoms with Crippen molar-refractivity contribution in [2.75, 3.05) is 11.9 Å². The molecule has 1 unspecified atom stereocenters. The Morgan fingerprint density at radius 1 is 1.26 bits per heavy atom. The number of carbonyl (C=O) groups excluding carboxylic acids is 1. The average molecular weight is 314 g/mol. The third-order valence-electron chi connectivity index (χ3n) is 3.30. The van der Waals surface area contributed by atoms with E-state index in [9.17, 15) is 14.9 Å². The molecule has 120 valence electrons. The van der Waals surface area contributed by atoms with Gasteiger partial charge in [-0.3, -0.25) is 10.1 Å². The molecule has 0 fully saturated rings. The molecule has 0 heterocycles. The molecule has 0 aliphatic rings. The van der Waals surface area contributed by atoms with Gasteiger partial charge in [0.2, 0.25) is 0 Å². The van der Waals surface area contributed by atoms with Crippen LogP contribution < -0.4 is 5.32 Å². The number of anilines is 1. The lowest BCUT2D eigenvalue weighted by Crippen LogP contribution is -2.23. The molecular weight excluding hydrogens is 296 g/mol. The number of hydrogen-bond donors (Lipinski definition) is 1. The number of nitro groups is 1. The van der Waals surface area contributed by atoms with E-state index in [1.54, 1.807) is 43.3 Å². The molecule has 1 atom stereocenters. The Morgan fingerprint density at radius 2 is 1.96 bits per heavy atom. The summed E-state index contributed by atoms with van der Waals surface area (Å²) in [7, 11) is 0. The summed E-state index contributed by atoms with van der Waals surface area (Å²) in [4.78, 5) is 23.0. The topological polar surface area (TPSA) is 81.5 Å². The number of hydrogen-bond acceptors (Lipinski definition) is 5. The first-order valence-corrected chi connectivity index (χ1v) is 7.26. The van der Waals surface area contributed by atoms with Crippen LogP contribution in [-0.2, 0) is 9.53 Å². The van der Waals surface area contributed by atoms with E-state index >= 15 is 0 Å². The minimum atomic E-state index is -0.809. The van der Waals surface area contributed by atoms with E-state index in [-0.39, 0.29) is 18.0 Å². The van der Waals surface area contributed by atoms with Crippen LogP contribution in [0.5, 0.6) is 0 Å². The predicted octanol–water partition coefficient (Wildman–Crippen LogP) is 3.62. The van der Waals surface area contributed by atoms with Gasteiger partial charge in [-0.15, -0.1) is 0 Å². The van der Waals surface area contributed by atoms with Gasteiger partial charge in [0.05, 0.1) is 11.5 Å². The van der Waals surface area contributed by atoms with Gasteiger partial charge in [0.15, 0.2) is 6.04 Å². The van der Waals surface area contributed by atoms with E-state index in [0.29, 0.717) is 5.56 Å². The smallest absolute Gasteiger partial charge is 0.333 e. The van der Waals surface area contributed by atoms with Gasteiger partial charge in [-0.2, -0.15) is 0 Å². The van der Waals surface area contributed by atoms with Crippen molar-refractivity contribution in [3.8, 4) is 0 Å². The Kier molecular flexibility index (Phi) is 5.30. The van der Waals surface area contributed by atoms with Crippen molar-refractivity contribution >= 4 is 17.3 Å². The Bertz CT molecular complexity index is 701. The van der Waals surface area contributed by atoms with Gasteiger partial charge in [-0.1, -0.05) is 36.4 Å². The molecule has 0 radical (unpaired) electrons. The number of rotatable bonds is 6. The summed E-state index contributed by atoms with van der Waals surface area (Å²) >= 11 is 0. The first-order valence-electron chi connectivity index (χ1n) is 7.26. The summed E-state index contributed by atoms with van der Waals surface area (Å²) in [5, 5.41) is 14.2. The SMILES string of the molecule is CCOC(=O)C(Nc1cc(C)ccc1[N+](=O)[O-])c1ccccc1. The van der Waals surface area contributed by atoms with E-state index in [1.807, 2.05) is 13.0 Å². The zero-order valence-electron chi connectivity index (χ0n) is 13.0. The third-order valence-corrected chi connectivity index (χ3v) is 3.30. The number of nitrogens with one attached hydrogen (secondary N) is 1.